The van der Waals surface area contributed by atoms with Crippen LogP contribution in [0, 0.1) is 5.92 Å². The molecule has 1 aromatic rings. The third kappa shape index (κ3) is 1.94. The number of rotatable bonds is 3. The first-order valence-electron chi connectivity index (χ1n) is 11.5. The number of hydrogen-bond donors (Lipinski definition) is 4. The van der Waals surface area contributed by atoms with Gasteiger partial charge in [0.2, 0.25) is 0 Å². The second kappa shape index (κ2) is 5.76. The summed E-state index contributed by atoms with van der Waals surface area (Å²) in [6.45, 7) is 1.54. The van der Waals surface area contributed by atoms with E-state index in [4.69, 9.17) is 9.47 Å². The van der Waals surface area contributed by atoms with Gasteiger partial charge in [-0.25, -0.2) is 4.79 Å². The Morgan fingerprint density at radius 3 is 2.75 bits per heavy atom. The van der Waals surface area contributed by atoms with E-state index in [0.717, 1.165) is 17.7 Å². The Morgan fingerprint density at radius 1 is 1.25 bits per heavy atom. The highest BCUT2D eigenvalue weighted by atomic mass is 16.5. The minimum absolute atomic E-state index is 0.236. The molecule has 0 radical (unpaired) electrons. The van der Waals surface area contributed by atoms with Gasteiger partial charge >= 0.3 is 6.03 Å². The largest absolute Gasteiger partial charge is 0.493 e. The molecule has 1 aromatic carbocycles. The Balaban J connectivity index is 1.48. The van der Waals surface area contributed by atoms with Crippen molar-refractivity contribution < 1.29 is 29.3 Å². The first-order valence-corrected chi connectivity index (χ1v) is 11.5. The summed E-state index contributed by atoms with van der Waals surface area (Å²) >= 11 is 0. The summed E-state index contributed by atoms with van der Waals surface area (Å²) in [5.74, 6) is 1.16. The summed E-state index contributed by atoms with van der Waals surface area (Å²) in [5.41, 5.74) is -2.03. The highest BCUT2D eigenvalue weighted by molar-refractivity contribution is 6.08. The number of benzene rings is 1. The summed E-state index contributed by atoms with van der Waals surface area (Å²) < 4.78 is 12.1. The SMILES string of the molecule is COc1ccc2c3c1O[C@@H]1[C@]34CCN(CC3CC3)[C@H]([C@@H]2O)[C@]4(O)CC[C@]12NC(=O)NC2=O. The summed E-state index contributed by atoms with van der Waals surface area (Å²) in [6.07, 6.45) is 1.78. The van der Waals surface area contributed by atoms with Gasteiger partial charge < -0.3 is 25.0 Å². The summed E-state index contributed by atoms with van der Waals surface area (Å²) in [5, 5.41) is 29.3. The fourth-order valence-corrected chi connectivity index (χ4v) is 7.60. The van der Waals surface area contributed by atoms with Crippen LogP contribution >= 0.6 is 0 Å². The number of carbonyl (C=O) groups is 2. The monoisotopic (exact) mass is 441 g/mol. The van der Waals surface area contributed by atoms with E-state index in [0.29, 0.717) is 30.4 Å². The van der Waals surface area contributed by atoms with Gasteiger partial charge in [-0.15, -0.1) is 0 Å². The van der Waals surface area contributed by atoms with Gasteiger partial charge in [-0.2, -0.15) is 0 Å². The molecule has 9 heteroatoms. The number of fused-ring (bicyclic) bond motifs is 1. The molecular weight excluding hydrogens is 414 g/mol. The number of aliphatic hydroxyl groups is 2. The smallest absolute Gasteiger partial charge is 0.322 e. The van der Waals surface area contributed by atoms with Crippen molar-refractivity contribution in [3.8, 4) is 11.5 Å². The van der Waals surface area contributed by atoms with Gasteiger partial charge in [-0.05, 0) is 56.2 Å². The lowest BCUT2D eigenvalue weighted by molar-refractivity contribution is -0.225. The van der Waals surface area contributed by atoms with Gasteiger partial charge in [0, 0.05) is 12.1 Å². The van der Waals surface area contributed by atoms with E-state index >= 15 is 0 Å². The first kappa shape index (κ1) is 19.1. The first-order chi connectivity index (χ1) is 15.4. The number of urea groups is 1. The Hall–Kier alpha value is -2.36. The molecule has 2 spiro atoms. The van der Waals surface area contributed by atoms with Crippen molar-refractivity contribution in [3.63, 3.8) is 0 Å². The highest BCUT2D eigenvalue weighted by Crippen LogP contribution is 2.69. The van der Waals surface area contributed by atoms with Crippen LogP contribution in [0.2, 0.25) is 0 Å². The molecule has 0 aromatic heterocycles. The number of carbonyl (C=O) groups excluding carboxylic acids is 2. The maximum atomic E-state index is 13.1. The zero-order valence-electron chi connectivity index (χ0n) is 17.9. The van der Waals surface area contributed by atoms with Crippen LogP contribution in [-0.4, -0.2) is 70.5 Å². The zero-order chi connectivity index (χ0) is 22.0. The standard InChI is InChI=1S/C23H27N3O6/c1-31-13-5-4-12-14-16(13)32-18-21(14)8-9-26(10-11-2-3-11)17(15(12)27)23(21,30)7-6-22(18)19(28)24-20(29)25-22/h4-5,11,15,17-18,27,30H,2-3,6-10H2,1H3,(H2,24,25,28,29)/t15-,17-,18-,21+,22+,23-/m1/s1. The molecule has 3 amide bonds. The molecule has 3 heterocycles. The number of methoxy groups -OCH3 is 1. The number of piperidine rings is 1. The highest BCUT2D eigenvalue weighted by Gasteiger charge is 2.79. The molecule has 7 rings (SSSR count). The van der Waals surface area contributed by atoms with Crippen molar-refractivity contribution >= 4 is 11.9 Å². The quantitative estimate of drug-likeness (QED) is 0.499. The molecule has 2 saturated heterocycles. The van der Waals surface area contributed by atoms with E-state index in [1.165, 1.54) is 12.8 Å². The Labute approximate surface area is 185 Å². The van der Waals surface area contributed by atoms with Crippen LogP contribution in [0.25, 0.3) is 0 Å². The third-order valence-corrected chi connectivity index (χ3v) is 9.08. The minimum Gasteiger partial charge on any atom is -0.493 e. The van der Waals surface area contributed by atoms with E-state index in [1.54, 1.807) is 13.2 Å². The molecule has 32 heavy (non-hydrogen) atoms. The second-order valence-corrected chi connectivity index (χ2v) is 10.4. The Kier molecular flexibility index (Phi) is 3.44. The molecule has 4 N–H and O–H groups in total. The fourth-order valence-electron chi connectivity index (χ4n) is 7.60. The molecule has 4 fully saturated rings. The van der Waals surface area contributed by atoms with Gasteiger partial charge in [-0.1, -0.05) is 6.07 Å². The van der Waals surface area contributed by atoms with Crippen molar-refractivity contribution in [1.82, 2.24) is 15.5 Å². The van der Waals surface area contributed by atoms with Crippen molar-refractivity contribution in [2.24, 2.45) is 5.92 Å². The summed E-state index contributed by atoms with van der Waals surface area (Å²) in [7, 11) is 1.55. The molecule has 3 aliphatic heterocycles. The van der Waals surface area contributed by atoms with Crippen LogP contribution in [0.4, 0.5) is 4.79 Å². The topological polar surface area (TPSA) is 120 Å². The maximum absolute atomic E-state index is 13.1. The second-order valence-electron chi connectivity index (χ2n) is 10.4. The fraction of sp³-hybridized carbons (Fsp3) is 0.652. The molecule has 6 atom stereocenters. The lowest BCUT2D eigenvalue weighted by atomic mass is 9.45. The van der Waals surface area contributed by atoms with Crippen LogP contribution in [0.3, 0.4) is 0 Å². The number of aliphatic hydroxyl groups excluding tert-OH is 1. The van der Waals surface area contributed by atoms with Crippen molar-refractivity contribution in [2.75, 3.05) is 20.2 Å². The van der Waals surface area contributed by atoms with Crippen LogP contribution in [0.1, 0.15) is 49.3 Å². The van der Waals surface area contributed by atoms with Crippen LogP contribution in [0.15, 0.2) is 12.1 Å². The molecule has 9 nitrogen and oxygen atoms in total. The minimum atomic E-state index is -1.30. The molecule has 3 aliphatic carbocycles. The van der Waals surface area contributed by atoms with Crippen LogP contribution in [0.5, 0.6) is 11.5 Å². The van der Waals surface area contributed by atoms with E-state index < -0.39 is 46.7 Å². The molecule has 170 valence electrons. The lowest BCUT2D eigenvalue weighted by Gasteiger charge is -2.66. The van der Waals surface area contributed by atoms with Crippen molar-refractivity contribution in [2.45, 2.75) is 66.9 Å². The average Bonchev–Trinajstić information content (AvgIpc) is 3.43. The van der Waals surface area contributed by atoms with Gasteiger partial charge in [0.25, 0.3) is 5.91 Å². The number of imide groups is 1. The van der Waals surface area contributed by atoms with E-state index in [1.807, 2.05) is 6.07 Å². The molecule has 6 aliphatic rings. The number of hydrogen-bond acceptors (Lipinski definition) is 7. The van der Waals surface area contributed by atoms with E-state index in [2.05, 4.69) is 15.5 Å². The Bertz CT molecular complexity index is 1070. The summed E-state index contributed by atoms with van der Waals surface area (Å²) in [4.78, 5) is 27.6. The van der Waals surface area contributed by atoms with Crippen molar-refractivity contribution in [1.29, 1.82) is 0 Å². The molecule has 2 bridgehead atoms. The van der Waals surface area contributed by atoms with Gasteiger partial charge in [0.15, 0.2) is 17.0 Å². The zero-order valence-corrected chi connectivity index (χ0v) is 17.9. The van der Waals surface area contributed by atoms with Gasteiger partial charge in [0.05, 0.1) is 30.3 Å². The van der Waals surface area contributed by atoms with E-state index in [9.17, 15) is 19.8 Å². The summed E-state index contributed by atoms with van der Waals surface area (Å²) in [6, 6.07) is 2.60. The van der Waals surface area contributed by atoms with E-state index in [-0.39, 0.29) is 12.8 Å². The van der Waals surface area contributed by atoms with Gasteiger partial charge in [0.1, 0.15) is 6.10 Å². The molecule has 2 saturated carbocycles. The average molecular weight is 441 g/mol. The van der Waals surface area contributed by atoms with Crippen molar-refractivity contribution in [3.05, 3.63) is 23.3 Å². The predicted molar refractivity (Wildman–Crippen MR) is 110 cm³/mol. The third-order valence-electron chi connectivity index (χ3n) is 9.08. The normalized spacial score (nSPS) is 43.5. The number of nitrogens with zero attached hydrogens (tertiary/aromatic N) is 1. The van der Waals surface area contributed by atoms with Crippen LogP contribution in [-0.2, 0) is 10.2 Å². The number of likely N-dealkylation sites (tertiary alicyclic amines) is 1. The number of nitrogens with one attached hydrogen (secondary N) is 2. The molecular formula is C23H27N3O6. The predicted octanol–water partition coefficient (Wildman–Crippen LogP) is 0.328. The van der Waals surface area contributed by atoms with Crippen LogP contribution < -0.4 is 20.1 Å². The lowest BCUT2D eigenvalue weighted by Crippen LogP contribution is -2.82. The van der Waals surface area contributed by atoms with Gasteiger partial charge in [-0.3, -0.25) is 15.0 Å². The number of amides is 3. The Morgan fingerprint density at radius 2 is 2.06 bits per heavy atom. The number of ether oxygens (including phenoxy) is 2. The molecule has 0 unspecified atom stereocenters. The maximum Gasteiger partial charge on any atom is 0.322 e.